The Morgan fingerprint density at radius 2 is 1.96 bits per heavy atom. The second kappa shape index (κ2) is 11.1. The van der Waals surface area contributed by atoms with Crippen LogP contribution in [-0.2, 0) is 13.0 Å². The van der Waals surface area contributed by atoms with E-state index in [1.807, 2.05) is 25.1 Å². The Balaban J connectivity index is 0.00000312. The van der Waals surface area contributed by atoms with Crippen molar-refractivity contribution in [1.82, 2.24) is 10.3 Å². The summed E-state index contributed by atoms with van der Waals surface area (Å²) in [4.78, 5) is 9.13. The number of aryl methyl sites for hydroxylation is 1. The molecule has 0 saturated heterocycles. The van der Waals surface area contributed by atoms with Gasteiger partial charge in [-0.1, -0.05) is 6.92 Å². The van der Waals surface area contributed by atoms with Crippen LogP contribution in [0.25, 0.3) is 0 Å². The highest BCUT2D eigenvalue weighted by atomic mass is 127. The molecule has 2 N–H and O–H groups in total. The van der Waals surface area contributed by atoms with E-state index in [2.05, 4.69) is 32.9 Å². The van der Waals surface area contributed by atoms with E-state index in [0.717, 1.165) is 29.4 Å². The fourth-order valence-corrected chi connectivity index (χ4v) is 2.84. The van der Waals surface area contributed by atoms with Gasteiger partial charge in [-0.15, -0.1) is 35.3 Å². The average molecular weight is 476 g/mol. The molecule has 138 valence electrons. The van der Waals surface area contributed by atoms with Crippen LogP contribution in [0.4, 0.5) is 5.69 Å². The van der Waals surface area contributed by atoms with Gasteiger partial charge in [-0.3, -0.25) is 0 Å². The summed E-state index contributed by atoms with van der Waals surface area (Å²) in [5.41, 5.74) is 1.86. The highest BCUT2D eigenvalue weighted by Gasteiger charge is 2.07. The van der Waals surface area contributed by atoms with Gasteiger partial charge in [-0.2, -0.15) is 0 Å². The number of thiazole rings is 1. The lowest BCUT2D eigenvalue weighted by atomic mass is 10.3. The Bertz CT molecular complexity index is 691. The van der Waals surface area contributed by atoms with Gasteiger partial charge in [0.05, 0.1) is 31.5 Å². The van der Waals surface area contributed by atoms with Gasteiger partial charge in [0.15, 0.2) is 17.5 Å². The summed E-state index contributed by atoms with van der Waals surface area (Å²) in [6, 6.07) is 5.66. The smallest absolute Gasteiger partial charge is 0.196 e. The van der Waals surface area contributed by atoms with E-state index in [1.165, 1.54) is 0 Å². The van der Waals surface area contributed by atoms with Crippen molar-refractivity contribution >= 4 is 47.0 Å². The summed E-state index contributed by atoms with van der Waals surface area (Å²) in [6.45, 7) is 5.45. The zero-order valence-electron chi connectivity index (χ0n) is 15.0. The largest absolute Gasteiger partial charge is 0.493 e. The van der Waals surface area contributed by atoms with Gasteiger partial charge in [0.1, 0.15) is 0 Å². The molecule has 8 heteroatoms. The monoisotopic (exact) mass is 476 g/mol. The second-order valence-corrected chi connectivity index (χ2v) is 5.92. The minimum atomic E-state index is 0. The standard InChI is InChI=1S/C17H24N4O2S.HI/c1-5-16-20-13(11-24-16)10-19-17(18-6-2)21-12-7-8-14(22-3)15(9-12)23-4;/h7-9,11H,5-6,10H2,1-4H3,(H2,18,19,21);1H. The third-order valence-corrected chi connectivity index (χ3v) is 4.33. The minimum absolute atomic E-state index is 0. The minimum Gasteiger partial charge on any atom is -0.493 e. The third kappa shape index (κ3) is 6.35. The number of anilines is 1. The zero-order valence-corrected chi connectivity index (χ0v) is 18.1. The van der Waals surface area contributed by atoms with Crippen molar-refractivity contribution in [2.45, 2.75) is 26.8 Å². The molecule has 0 atom stereocenters. The normalized spacial score (nSPS) is 10.8. The predicted molar refractivity (Wildman–Crippen MR) is 115 cm³/mol. The molecule has 0 unspecified atom stereocenters. The zero-order chi connectivity index (χ0) is 17.4. The number of aromatic nitrogens is 1. The Morgan fingerprint density at radius 3 is 2.56 bits per heavy atom. The van der Waals surface area contributed by atoms with Crippen molar-refractivity contribution in [3.8, 4) is 11.5 Å². The lowest BCUT2D eigenvalue weighted by Gasteiger charge is -2.13. The van der Waals surface area contributed by atoms with Gasteiger partial charge in [0, 0.05) is 23.7 Å². The summed E-state index contributed by atoms with van der Waals surface area (Å²) in [7, 11) is 3.24. The number of rotatable bonds is 7. The van der Waals surface area contributed by atoms with E-state index in [9.17, 15) is 0 Å². The van der Waals surface area contributed by atoms with Crippen LogP contribution in [0.3, 0.4) is 0 Å². The number of halogens is 1. The quantitative estimate of drug-likeness (QED) is 0.360. The van der Waals surface area contributed by atoms with E-state index in [4.69, 9.17) is 9.47 Å². The van der Waals surface area contributed by atoms with Gasteiger partial charge in [0.25, 0.3) is 0 Å². The van der Waals surface area contributed by atoms with E-state index >= 15 is 0 Å². The number of benzene rings is 1. The van der Waals surface area contributed by atoms with Crippen LogP contribution in [0, 0.1) is 0 Å². The molecule has 2 aromatic rings. The Morgan fingerprint density at radius 1 is 1.20 bits per heavy atom. The van der Waals surface area contributed by atoms with Crippen molar-refractivity contribution in [3.63, 3.8) is 0 Å². The Hall–Kier alpha value is -1.55. The number of nitrogens with one attached hydrogen (secondary N) is 2. The van der Waals surface area contributed by atoms with Gasteiger partial charge >= 0.3 is 0 Å². The molecule has 1 aromatic carbocycles. The Labute approximate surface area is 170 Å². The summed E-state index contributed by atoms with van der Waals surface area (Å²) < 4.78 is 10.6. The maximum Gasteiger partial charge on any atom is 0.196 e. The molecule has 6 nitrogen and oxygen atoms in total. The maximum atomic E-state index is 5.33. The van der Waals surface area contributed by atoms with Crippen molar-refractivity contribution < 1.29 is 9.47 Å². The summed E-state index contributed by atoms with van der Waals surface area (Å²) in [5, 5.41) is 9.70. The van der Waals surface area contributed by atoms with Crippen LogP contribution in [-0.4, -0.2) is 31.7 Å². The Kier molecular flexibility index (Phi) is 9.58. The molecule has 0 radical (unpaired) electrons. The number of hydrogen-bond acceptors (Lipinski definition) is 5. The van der Waals surface area contributed by atoms with Crippen molar-refractivity contribution in [2.24, 2.45) is 4.99 Å². The lowest BCUT2D eigenvalue weighted by molar-refractivity contribution is 0.355. The number of ether oxygens (including phenoxy) is 2. The van der Waals surface area contributed by atoms with E-state index < -0.39 is 0 Å². The molecule has 2 rings (SSSR count). The van der Waals surface area contributed by atoms with Crippen LogP contribution >= 0.6 is 35.3 Å². The number of aliphatic imine (C=N–C) groups is 1. The first kappa shape index (κ1) is 21.5. The maximum absolute atomic E-state index is 5.33. The molecule has 0 saturated carbocycles. The molecule has 0 bridgehead atoms. The third-order valence-electron chi connectivity index (χ3n) is 3.29. The predicted octanol–water partition coefficient (Wildman–Crippen LogP) is 3.92. The highest BCUT2D eigenvalue weighted by molar-refractivity contribution is 14.0. The average Bonchev–Trinajstić information content (AvgIpc) is 3.08. The molecule has 0 spiro atoms. The van der Waals surface area contributed by atoms with E-state index in [0.29, 0.717) is 24.0 Å². The van der Waals surface area contributed by atoms with Crippen LogP contribution in [0.2, 0.25) is 0 Å². The van der Waals surface area contributed by atoms with Crippen molar-refractivity contribution in [3.05, 3.63) is 34.3 Å². The molecular formula is C17H25IN4O2S. The fourth-order valence-electron chi connectivity index (χ4n) is 2.10. The molecule has 0 amide bonds. The fraction of sp³-hybridized carbons (Fsp3) is 0.412. The van der Waals surface area contributed by atoms with Crippen molar-refractivity contribution in [1.29, 1.82) is 0 Å². The molecule has 1 aromatic heterocycles. The number of guanidine groups is 1. The molecule has 0 aliphatic rings. The van der Waals surface area contributed by atoms with Gasteiger partial charge in [-0.25, -0.2) is 9.98 Å². The van der Waals surface area contributed by atoms with Crippen LogP contribution in [0.15, 0.2) is 28.6 Å². The van der Waals surface area contributed by atoms with E-state index in [-0.39, 0.29) is 24.0 Å². The first-order valence-electron chi connectivity index (χ1n) is 7.90. The molecule has 0 aliphatic carbocycles. The molecule has 0 fully saturated rings. The van der Waals surface area contributed by atoms with Crippen LogP contribution in [0.1, 0.15) is 24.5 Å². The summed E-state index contributed by atoms with van der Waals surface area (Å²) in [5.74, 6) is 2.07. The molecule has 1 heterocycles. The topological polar surface area (TPSA) is 67.8 Å². The molecule has 0 aliphatic heterocycles. The van der Waals surface area contributed by atoms with Crippen molar-refractivity contribution in [2.75, 3.05) is 26.1 Å². The SMILES string of the molecule is CCNC(=NCc1csc(CC)n1)Nc1ccc(OC)c(OC)c1.I. The summed E-state index contributed by atoms with van der Waals surface area (Å²) >= 11 is 1.68. The lowest BCUT2D eigenvalue weighted by Crippen LogP contribution is -2.30. The first-order valence-corrected chi connectivity index (χ1v) is 8.78. The van der Waals surface area contributed by atoms with Gasteiger partial charge < -0.3 is 20.1 Å². The van der Waals surface area contributed by atoms with Crippen LogP contribution < -0.4 is 20.1 Å². The van der Waals surface area contributed by atoms with Gasteiger partial charge in [0.2, 0.25) is 0 Å². The second-order valence-electron chi connectivity index (χ2n) is 4.98. The number of hydrogen-bond donors (Lipinski definition) is 2. The summed E-state index contributed by atoms with van der Waals surface area (Å²) in [6.07, 6.45) is 0.957. The van der Waals surface area contributed by atoms with Gasteiger partial charge in [-0.05, 0) is 25.5 Å². The first-order chi connectivity index (χ1) is 11.7. The molecular weight excluding hydrogens is 451 g/mol. The van der Waals surface area contributed by atoms with E-state index in [1.54, 1.807) is 25.6 Å². The highest BCUT2D eigenvalue weighted by Crippen LogP contribution is 2.29. The van der Waals surface area contributed by atoms with Crippen LogP contribution in [0.5, 0.6) is 11.5 Å². The number of methoxy groups -OCH3 is 2. The molecule has 25 heavy (non-hydrogen) atoms. The number of nitrogens with zero attached hydrogens (tertiary/aromatic N) is 2.